The van der Waals surface area contributed by atoms with Gasteiger partial charge in [-0.1, -0.05) is 212 Å². The average molecular weight is 1090 g/mol. The lowest BCUT2D eigenvalue weighted by Gasteiger charge is -2.50. The Balaban J connectivity index is 1.03. The Kier molecular flexibility index (Phi) is 21.2. The predicted molar refractivity (Wildman–Crippen MR) is 300 cm³/mol. The number of hydrogen-bond donors (Lipinski definition) is 0. The molecule has 13 heteroatoms. The van der Waals surface area contributed by atoms with Crippen molar-refractivity contribution in [2.24, 2.45) is 0 Å². The summed E-state index contributed by atoms with van der Waals surface area (Å²) < 4.78 is 90.1. The van der Waals surface area contributed by atoms with E-state index in [0.29, 0.717) is 13.2 Å². The predicted octanol–water partition coefficient (Wildman–Crippen LogP) is 11.3. The highest BCUT2D eigenvalue weighted by Gasteiger charge is 2.56. The van der Waals surface area contributed by atoms with Crippen molar-refractivity contribution in [1.29, 1.82) is 0 Å². The van der Waals surface area contributed by atoms with E-state index in [1.54, 1.807) is 7.11 Å². The SMILES string of the molecule is CO[C@@H]1O[C@@H](C)[C@H](OCc2ccccc2)[C@@H](O[C@@H]2O[C@@H](C)[C@H](OCc3ccccc3)[C@@H](O[C@@H]3O[C@H](COCc4ccccc4)[C@@H](OCc4ccccc4)[C@H]3OCc3ccccc3)[C@H]2OCc2ccccc2)[C@H]1OCc1ccccc1. The van der Waals surface area contributed by atoms with Crippen LogP contribution in [0.1, 0.15) is 52.8 Å². The van der Waals surface area contributed by atoms with Crippen LogP contribution < -0.4 is 0 Å². The minimum Gasteiger partial charge on any atom is -0.374 e. The maximum absolute atomic E-state index is 7.55. The van der Waals surface area contributed by atoms with Crippen LogP contribution in [0, 0.1) is 0 Å². The van der Waals surface area contributed by atoms with Gasteiger partial charge in [-0.2, -0.15) is 0 Å². The van der Waals surface area contributed by atoms with Crippen LogP contribution in [0.15, 0.2) is 212 Å². The molecule has 0 unspecified atom stereocenters. The topological polar surface area (TPSA) is 120 Å². The quantitative estimate of drug-likeness (QED) is 0.0486. The van der Waals surface area contributed by atoms with Crippen LogP contribution in [0.3, 0.4) is 0 Å². The molecule has 3 aliphatic rings. The van der Waals surface area contributed by atoms with Gasteiger partial charge in [-0.05, 0) is 52.8 Å². The van der Waals surface area contributed by atoms with Crippen LogP contribution in [-0.4, -0.2) is 99.7 Å². The van der Waals surface area contributed by atoms with Crippen molar-refractivity contribution in [2.75, 3.05) is 13.7 Å². The van der Waals surface area contributed by atoms with E-state index in [0.717, 1.165) is 38.9 Å². The molecule has 80 heavy (non-hydrogen) atoms. The zero-order valence-corrected chi connectivity index (χ0v) is 45.8. The molecule has 0 radical (unpaired) electrons. The van der Waals surface area contributed by atoms with Gasteiger partial charge in [-0.25, -0.2) is 0 Å². The lowest BCUT2D eigenvalue weighted by atomic mass is 9.96. The molecule has 7 aromatic rings. The summed E-state index contributed by atoms with van der Waals surface area (Å²) in [7, 11) is 1.61. The molecular formula is C67H74O13. The maximum atomic E-state index is 7.55. The Morgan fingerprint density at radius 3 is 0.887 bits per heavy atom. The minimum atomic E-state index is -1.10. The Labute approximate surface area is 470 Å². The van der Waals surface area contributed by atoms with Crippen LogP contribution in [-0.2, 0) is 108 Å². The summed E-state index contributed by atoms with van der Waals surface area (Å²) in [5, 5.41) is 0. The van der Waals surface area contributed by atoms with E-state index < -0.39 is 86.0 Å². The van der Waals surface area contributed by atoms with Gasteiger partial charge < -0.3 is 61.6 Å². The van der Waals surface area contributed by atoms with Crippen molar-refractivity contribution in [2.45, 2.75) is 146 Å². The largest absolute Gasteiger partial charge is 0.374 e. The standard InChI is InChI=1S/C67H74O13/c1-47-57(70-40-50-27-13-5-14-28-50)60(63(65(68-3)76-47)74-44-54-35-21-9-22-36-54)79-66-64(75-45-55-37-23-10-24-38-55)61(58(48(2)77-66)71-41-51-29-15-6-16-30-51)80-67-62(73-43-53-33-19-8-20-34-53)59(72-42-52-31-17-7-18-32-52)56(78-67)46-69-39-49-25-11-4-12-26-49/h4-38,47-48,56-67H,39-46H2,1-3H3/t47-,48-,56+,57-,58-,59+,60+,61+,62+,63+,64+,65+,66-,67-/m0/s1. The van der Waals surface area contributed by atoms with E-state index in [9.17, 15) is 0 Å². The van der Waals surface area contributed by atoms with E-state index in [2.05, 4.69) is 0 Å². The molecule has 0 aliphatic carbocycles. The Bertz CT molecular complexity index is 2800. The van der Waals surface area contributed by atoms with Gasteiger partial charge >= 0.3 is 0 Å². The Morgan fingerprint density at radius 2 is 0.550 bits per heavy atom. The van der Waals surface area contributed by atoms with Gasteiger partial charge in [0.2, 0.25) is 0 Å². The fraction of sp³-hybridized carbons (Fsp3) is 0.373. The fourth-order valence-corrected chi connectivity index (χ4v) is 10.5. The van der Waals surface area contributed by atoms with Crippen molar-refractivity contribution in [3.63, 3.8) is 0 Å². The molecule has 3 fully saturated rings. The van der Waals surface area contributed by atoms with Crippen molar-refractivity contribution in [3.05, 3.63) is 251 Å². The molecule has 0 amide bonds. The highest BCUT2D eigenvalue weighted by molar-refractivity contribution is 5.19. The molecule has 10 rings (SSSR count). The van der Waals surface area contributed by atoms with Crippen LogP contribution in [0.25, 0.3) is 0 Å². The number of methoxy groups -OCH3 is 1. The molecule has 3 heterocycles. The molecule has 7 aromatic carbocycles. The second-order valence-corrected chi connectivity index (χ2v) is 20.5. The number of hydrogen-bond acceptors (Lipinski definition) is 13. The monoisotopic (exact) mass is 1090 g/mol. The number of rotatable bonds is 27. The van der Waals surface area contributed by atoms with Crippen LogP contribution >= 0.6 is 0 Å². The maximum Gasteiger partial charge on any atom is 0.187 e. The molecule has 0 spiro atoms. The third kappa shape index (κ3) is 15.7. The molecule has 3 aliphatic heterocycles. The van der Waals surface area contributed by atoms with Gasteiger partial charge in [-0.3, -0.25) is 0 Å². The van der Waals surface area contributed by atoms with Crippen molar-refractivity contribution >= 4 is 0 Å². The van der Waals surface area contributed by atoms with Gasteiger partial charge in [0.1, 0.15) is 54.9 Å². The first kappa shape index (κ1) is 57.3. The first-order chi connectivity index (χ1) is 39.5. The number of ether oxygens (including phenoxy) is 13. The Morgan fingerprint density at radius 1 is 0.287 bits per heavy atom. The molecular weight excluding hydrogens is 1010 g/mol. The second-order valence-electron chi connectivity index (χ2n) is 20.5. The molecule has 0 bridgehead atoms. The van der Waals surface area contributed by atoms with Crippen molar-refractivity contribution in [1.82, 2.24) is 0 Å². The summed E-state index contributed by atoms with van der Waals surface area (Å²) in [4.78, 5) is 0. The van der Waals surface area contributed by atoms with E-state index in [1.807, 2.05) is 226 Å². The molecule has 420 valence electrons. The van der Waals surface area contributed by atoms with Gasteiger partial charge in [-0.15, -0.1) is 0 Å². The zero-order valence-electron chi connectivity index (χ0n) is 45.8. The number of benzene rings is 7. The molecule has 0 N–H and O–H groups in total. The third-order valence-corrected chi connectivity index (χ3v) is 14.6. The van der Waals surface area contributed by atoms with Crippen molar-refractivity contribution in [3.8, 4) is 0 Å². The molecule has 0 saturated carbocycles. The van der Waals surface area contributed by atoms with Crippen LogP contribution in [0.2, 0.25) is 0 Å². The normalized spacial score (nSPS) is 27.7. The molecule has 13 nitrogen and oxygen atoms in total. The van der Waals surface area contributed by atoms with E-state index >= 15 is 0 Å². The summed E-state index contributed by atoms with van der Waals surface area (Å²) in [6, 6.07) is 70.2. The van der Waals surface area contributed by atoms with Crippen molar-refractivity contribution < 1.29 is 61.6 Å². The minimum absolute atomic E-state index is 0.180. The van der Waals surface area contributed by atoms with E-state index in [-0.39, 0.29) is 39.6 Å². The summed E-state index contributed by atoms with van der Waals surface area (Å²) in [6.45, 7) is 6.01. The summed E-state index contributed by atoms with van der Waals surface area (Å²) in [5.74, 6) is 0. The van der Waals surface area contributed by atoms with Gasteiger partial charge in [0.15, 0.2) is 18.9 Å². The van der Waals surface area contributed by atoms with Crippen LogP contribution in [0.4, 0.5) is 0 Å². The zero-order chi connectivity index (χ0) is 54.7. The third-order valence-electron chi connectivity index (χ3n) is 14.6. The smallest absolute Gasteiger partial charge is 0.187 e. The molecule has 14 atom stereocenters. The lowest BCUT2D eigenvalue weighted by molar-refractivity contribution is -0.378. The Hall–Kier alpha value is -5.98. The fourth-order valence-electron chi connectivity index (χ4n) is 10.5. The molecule has 0 aromatic heterocycles. The highest BCUT2D eigenvalue weighted by Crippen LogP contribution is 2.39. The van der Waals surface area contributed by atoms with Gasteiger partial charge in [0.05, 0.1) is 65.1 Å². The summed E-state index contributed by atoms with van der Waals surface area (Å²) in [6.07, 6.45) is -11.1. The summed E-state index contributed by atoms with van der Waals surface area (Å²) >= 11 is 0. The lowest BCUT2D eigenvalue weighted by Crippen LogP contribution is -2.65. The summed E-state index contributed by atoms with van der Waals surface area (Å²) in [5.41, 5.74) is 6.88. The van der Waals surface area contributed by atoms with E-state index in [1.165, 1.54) is 0 Å². The first-order valence-corrected chi connectivity index (χ1v) is 27.8. The van der Waals surface area contributed by atoms with Gasteiger partial charge in [0.25, 0.3) is 0 Å². The van der Waals surface area contributed by atoms with Crippen LogP contribution in [0.5, 0.6) is 0 Å². The molecule has 3 saturated heterocycles. The highest BCUT2D eigenvalue weighted by atomic mass is 16.8. The van der Waals surface area contributed by atoms with E-state index in [4.69, 9.17) is 61.6 Å². The second kappa shape index (κ2) is 29.7. The average Bonchev–Trinajstić information content (AvgIpc) is 4.03. The van der Waals surface area contributed by atoms with Gasteiger partial charge in [0, 0.05) is 7.11 Å². The first-order valence-electron chi connectivity index (χ1n) is 27.8.